The van der Waals surface area contributed by atoms with Crippen molar-refractivity contribution < 1.29 is 0 Å². The van der Waals surface area contributed by atoms with Gasteiger partial charge in [-0.3, -0.25) is 5.10 Å². The fourth-order valence-electron chi connectivity index (χ4n) is 3.07. The Balaban J connectivity index is 1.42. The number of H-pyrrole nitrogens is 1. The highest BCUT2D eigenvalue weighted by atomic mass is 32.1. The van der Waals surface area contributed by atoms with E-state index in [2.05, 4.69) is 61.6 Å². The van der Waals surface area contributed by atoms with Crippen molar-refractivity contribution in [1.82, 2.24) is 30.3 Å². The second kappa shape index (κ2) is 6.49. The Morgan fingerprint density at radius 2 is 2.38 bits per heavy atom. The van der Waals surface area contributed by atoms with Gasteiger partial charge < -0.3 is 5.32 Å². The van der Waals surface area contributed by atoms with Crippen LogP contribution in [0.5, 0.6) is 0 Å². The van der Waals surface area contributed by atoms with Crippen LogP contribution >= 0.6 is 11.3 Å². The van der Waals surface area contributed by atoms with Gasteiger partial charge in [0, 0.05) is 30.5 Å². The van der Waals surface area contributed by atoms with E-state index in [1.165, 1.54) is 10.4 Å². The molecule has 1 atom stereocenters. The van der Waals surface area contributed by atoms with E-state index in [-0.39, 0.29) is 0 Å². The SMILES string of the molecule is CC(C)c1nc2n(n1)C[C@H](NCc1cn[nH]c1-c1cccs1)CC2. The number of aromatic amines is 1. The molecule has 0 aliphatic carbocycles. The van der Waals surface area contributed by atoms with Crippen LogP contribution < -0.4 is 5.32 Å². The lowest BCUT2D eigenvalue weighted by Crippen LogP contribution is -2.37. The molecule has 0 bridgehead atoms. The fourth-order valence-corrected chi connectivity index (χ4v) is 3.83. The lowest BCUT2D eigenvalue weighted by Gasteiger charge is -2.23. The smallest absolute Gasteiger partial charge is 0.153 e. The van der Waals surface area contributed by atoms with Gasteiger partial charge in [-0.25, -0.2) is 9.67 Å². The predicted molar refractivity (Wildman–Crippen MR) is 95.0 cm³/mol. The van der Waals surface area contributed by atoms with Crippen LogP contribution in [-0.2, 0) is 19.5 Å². The average molecular weight is 342 g/mol. The molecule has 0 fully saturated rings. The van der Waals surface area contributed by atoms with E-state index in [0.717, 1.165) is 43.3 Å². The van der Waals surface area contributed by atoms with Gasteiger partial charge in [0.25, 0.3) is 0 Å². The molecule has 126 valence electrons. The number of nitrogens with zero attached hydrogens (tertiary/aromatic N) is 4. The number of aryl methyl sites for hydroxylation is 1. The van der Waals surface area contributed by atoms with Gasteiger partial charge in [0.05, 0.1) is 23.3 Å². The summed E-state index contributed by atoms with van der Waals surface area (Å²) in [7, 11) is 0. The minimum atomic E-state index is 0.383. The van der Waals surface area contributed by atoms with Gasteiger partial charge in [-0.05, 0) is 17.9 Å². The fraction of sp³-hybridized carbons (Fsp3) is 0.471. The first kappa shape index (κ1) is 15.5. The Hall–Kier alpha value is -1.99. The molecule has 0 saturated heterocycles. The van der Waals surface area contributed by atoms with Crippen molar-refractivity contribution in [2.75, 3.05) is 0 Å². The number of rotatable bonds is 5. The van der Waals surface area contributed by atoms with E-state index in [9.17, 15) is 0 Å². The lowest BCUT2D eigenvalue weighted by molar-refractivity contribution is 0.357. The molecule has 4 heterocycles. The van der Waals surface area contributed by atoms with E-state index in [0.29, 0.717) is 12.0 Å². The Labute approximate surface area is 145 Å². The molecule has 3 aromatic heterocycles. The summed E-state index contributed by atoms with van der Waals surface area (Å²) in [5.41, 5.74) is 2.33. The minimum Gasteiger partial charge on any atom is -0.308 e. The van der Waals surface area contributed by atoms with Gasteiger partial charge in [0.15, 0.2) is 5.82 Å². The zero-order valence-electron chi connectivity index (χ0n) is 14.0. The molecule has 0 radical (unpaired) electrons. The Morgan fingerprint density at radius 1 is 1.46 bits per heavy atom. The molecule has 4 rings (SSSR count). The second-order valence-corrected chi connectivity index (χ2v) is 7.53. The summed E-state index contributed by atoms with van der Waals surface area (Å²) in [6, 6.07) is 4.61. The standard InChI is InChI=1S/C17H22N6S/c1-11(2)17-20-15-6-5-13(10-23(15)22-17)18-8-12-9-19-21-16(12)14-4-3-7-24-14/h3-4,7,9,11,13,18H,5-6,8,10H2,1-2H3,(H,19,21)/t13-/m1/s1. The molecule has 6 nitrogen and oxygen atoms in total. The molecule has 3 aromatic rings. The first-order valence-corrected chi connectivity index (χ1v) is 9.32. The molecule has 0 aromatic carbocycles. The van der Waals surface area contributed by atoms with E-state index in [1.54, 1.807) is 11.3 Å². The molecule has 0 spiro atoms. The van der Waals surface area contributed by atoms with Gasteiger partial charge in [-0.15, -0.1) is 11.3 Å². The quantitative estimate of drug-likeness (QED) is 0.748. The molecule has 7 heteroatoms. The van der Waals surface area contributed by atoms with Crippen LogP contribution in [-0.4, -0.2) is 31.0 Å². The highest BCUT2D eigenvalue weighted by molar-refractivity contribution is 7.13. The molecule has 2 N–H and O–H groups in total. The number of aromatic nitrogens is 5. The summed E-state index contributed by atoms with van der Waals surface area (Å²) in [6.45, 7) is 5.99. The van der Waals surface area contributed by atoms with Crippen LogP contribution in [0.3, 0.4) is 0 Å². The summed E-state index contributed by atoms with van der Waals surface area (Å²) in [5.74, 6) is 2.47. The molecule has 0 unspecified atom stereocenters. The maximum absolute atomic E-state index is 4.65. The van der Waals surface area contributed by atoms with Crippen LogP contribution in [0.2, 0.25) is 0 Å². The topological polar surface area (TPSA) is 71.4 Å². The number of thiophene rings is 1. The Kier molecular flexibility index (Phi) is 4.20. The third-order valence-corrected chi connectivity index (χ3v) is 5.34. The summed E-state index contributed by atoms with van der Waals surface area (Å²) in [6.07, 6.45) is 4.01. The first-order valence-electron chi connectivity index (χ1n) is 8.44. The summed E-state index contributed by atoms with van der Waals surface area (Å²) < 4.78 is 2.08. The third kappa shape index (κ3) is 3.01. The van der Waals surface area contributed by atoms with Gasteiger partial charge in [-0.2, -0.15) is 10.2 Å². The molecule has 24 heavy (non-hydrogen) atoms. The van der Waals surface area contributed by atoms with Crippen LogP contribution in [0.15, 0.2) is 23.7 Å². The van der Waals surface area contributed by atoms with E-state index in [1.807, 2.05) is 6.20 Å². The second-order valence-electron chi connectivity index (χ2n) is 6.59. The van der Waals surface area contributed by atoms with Crippen LogP contribution in [0.25, 0.3) is 10.6 Å². The summed E-state index contributed by atoms with van der Waals surface area (Å²) in [4.78, 5) is 5.88. The number of hydrogen-bond acceptors (Lipinski definition) is 5. The third-order valence-electron chi connectivity index (χ3n) is 4.46. The molecular weight excluding hydrogens is 320 g/mol. The van der Waals surface area contributed by atoms with Gasteiger partial charge in [0.2, 0.25) is 0 Å². The van der Waals surface area contributed by atoms with Crippen molar-refractivity contribution in [3.8, 4) is 10.6 Å². The molecule has 1 aliphatic rings. The van der Waals surface area contributed by atoms with Crippen molar-refractivity contribution in [2.45, 2.75) is 51.7 Å². The van der Waals surface area contributed by atoms with E-state index < -0.39 is 0 Å². The molecule has 0 saturated carbocycles. The lowest BCUT2D eigenvalue weighted by atomic mass is 10.1. The van der Waals surface area contributed by atoms with Crippen LogP contribution in [0, 0.1) is 0 Å². The molecule has 1 aliphatic heterocycles. The van der Waals surface area contributed by atoms with Crippen LogP contribution in [0.4, 0.5) is 0 Å². The van der Waals surface area contributed by atoms with Gasteiger partial charge in [-0.1, -0.05) is 19.9 Å². The van der Waals surface area contributed by atoms with Gasteiger partial charge >= 0.3 is 0 Å². The number of fused-ring (bicyclic) bond motifs is 1. The monoisotopic (exact) mass is 342 g/mol. The Morgan fingerprint density at radius 3 is 3.17 bits per heavy atom. The van der Waals surface area contributed by atoms with Gasteiger partial charge in [0.1, 0.15) is 5.82 Å². The maximum Gasteiger partial charge on any atom is 0.153 e. The van der Waals surface area contributed by atoms with Crippen molar-refractivity contribution in [3.63, 3.8) is 0 Å². The van der Waals surface area contributed by atoms with Crippen molar-refractivity contribution in [1.29, 1.82) is 0 Å². The number of nitrogens with one attached hydrogen (secondary N) is 2. The van der Waals surface area contributed by atoms with Crippen molar-refractivity contribution in [3.05, 3.63) is 40.9 Å². The highest BCUT2D eigenvalue weighted by Crippen LogP contribution is 2.26. The molecular formula is C17H22N6S. The Bertz CT molecular complexity index is 801. The normalized spacial score (nSPS) is 17.4. The highest BCUT2D eigenvalue weighted by Gasteiger charge is 2.22. The average Bonchev–Trinajstić information content (AvgIpc) is 3.30. The summed E-state index contributed by atoms with van der Waals surface area (Å²) >= 11 is 1.73. The molecule has 0 amide bonds. The van der Waals surface area contributed by atoms with E-state index in [4.69, 9.17) is 0 Å². The largest absolute Gasteiger partial charge is 0.308 e. The van der Waals surface area contributed by atoms with Crippen LogP contribution in [0.1, 0.15) is 43.4 Å². The van der Waals surface area contributed by atoms with Crippen molar-refractivity contribution in [2.24, 2.45) is 0 Å². The minimum absolute atomic E-state index is 0.383. The summed E-state index contributed by atoms with van der Waals surface area (Å²) in [5, 5.41) is 17.7. The zero-order chi connectivity index (χ0) is 16.5. The maximum atomic E-state index is 4.65. The van der Waals surface area contributed by atoms with Crippen molar-refractivity contribution >= 4 is 11.3 Å². The predicted octanol–water partition coefficient (Wildman–Crippen LogP) is 2.96. The first-order chi connectivity index (χ1) is 11.7. The van der Waals surface area contributed by atoms with E-state index >= 15 is 0 Å². The zero-order valence-corrected chi connectivity index (χ0v) is 14.8. The number of hydrogen-bond donors (Lipinski definition) is 2.